The van der Waals surface area contributed by atoms with Crippen LogP contribution in [0.15, 0.2) is 60.9 Å². The number of nitrogens with two attached hydrogens (primary N) is 1. The van der Waals surface area contributed by atoms with Gasteiger partial charge in [-0.15, -0.1) is 0 Å². The van der Waals surface area contributed by atoms with Gasteiger partial charge in [-0.2, -0.15) is 5.26 Å². The van der Waals surface area contributed by atoms with Gasteiger partial charge >= 0.3 is 0 Å². The fraction of sp³-hybridized carbons (Fsp3) is 0.160. The lowest BCUT2D eigenvalue weighted by Gasteiger charge is -2.15. The SMILES string of the molecule is CN(CC(N)=O)c1nccc(-c2ccc(C(=O)NCCc3ccc4[nH]cc(C#N)c4c3)cc2)n1. The summed E-state index contributed by atoms with van der Waals surface area (Å²) in [4.78, 5) is 37.0. The molecule has 0 saturated carbocycles. The second-order valence-electron chi connectivity index (χ2n) is 7.84. The van der Waals surface area contributed by atoms with Crippen molar-refractivity contribution in [2.75, 3.05) is 25.0 Å². The number of benzene rings is 2. The molecule has 0 bridgehead atoms. The zero-order valence-electron chi connectivity index (χ0n) is 18.6. The maximum absolute atomic E-state index is 12.6. The normalized spacial score (nSPS) is 10.6. The van der Waals surface area contributed by atoms with Crippen molar-refractivity contribution in [2.45, 2.75) is 6.42 Å². The minimum Gasteiger partial charge on any atom is -0.368 e. The topological polar surface area (TPSA) is 141 Å². The Balaban J connectivity index is 1.37. The Morgan fingerprint density at radius 1 is 1.18 bits per heavy atom. The van der Waals surface area contributed by atoms with Gasteiger partial charge in [0.15, 0.2) is 0 Å². The third kappa shape index (κ3) is 5.02. The van der Waals surface area contributed by atoms with Crippen LogP contribution in [0.5, 0.6) is 0 Å². The number of nitrogens with one attached hydrogen (secondary N) is 2. The number of rotatable bonds is 8. The predicted molar refractivity (Wildman–Crippen MR) is 129 cm³/mol. The predicted octanol–water partition coefficient (Wildman–Crippen LogP) is 2.39. The lowest BCUT2D eigenvalue weighted by Crippen LogP contribution is -2.31. The maximum atomic E-state index is 12.6. The van der Waals surface area contributed by atoms with Crippen LogP contribution in [-0.4, -0.2) is 46.9 Å². The van der Waals surface area contributed by atoms with Gasteiger partial charge in [-0.3, -0.25) is 9.59 Å². The maximum Gasteiger partial charge on any atom is 0.251 e. The molecule has 0 atom stereocenters. The van der Waals surface area contributed by atoms with E-state index in [0.29, 0.717) is 35.7 Å². The highest BCUT2D eigenvalue weighted by Crippen LogP contribution is 2.20. The number of H-pyrrole nitrogens is 1. The zero-order chi connectivity index (χ0) is 24.1. The van der Waals surface area contributed by atoms with E-state index < -0.39 is 5.91 Å². The first-order valence-corrected chi connectivity index (χ1v) is 10.7. The van der Waals surface area contributed by atoms with Crippen molar-refractivity contribution in [1.82, 2.24) is 20.3 Å². The third-order valence-corrected chi connectivity index (χ3v) is 5.39. The molecule has 0 radical (unpaired) electrons. The van der Waals surface area contributed by atoms with E-state index in [4.69, 9.17) is 5.73 Å². The number of hydrogen-bond acceptors (Lipinski definition) is 6. The monoisotopic (exact) mass is 453 g/mol. The smallest absolute Gasteiger partial charge is 0.251 e. The number of likely N-dealkylation sites (N-methyl/N-ethyl adjacent to an activating group) is 1. The molecule has 0 saturated heterocycles. The van der Waals surface area contributed by atoms with Gasteiger partial charge in [0.05, 0.1) is 17.8 Å². The Labute approximate surface area is 196 Å². The van der Waals surface area contributed by atoms with Gasteiger partial charge in [-0.1, -0.05) is 18.2 Å². The Morgan fingerprint density at radius 3 is 2.71 bits per heavy atom. The number of nitriles is 1. The number of anilines is 1. The zero-order valence-corrected chi connectivity index (χ0v) is 18.6. The number of primary amides is 1. The lowest BCUT2D eigenvalue weighted by atomic mass is 10.1. The van der Waals surface area contributed by atoms with Gasteiger partial charge in [-0.25, -0.2) is 9.97 Å². The molecule has 34 heavy (non-hydrogen) atoms. The molecule has 2 amide bonds. The van der Waals surface area contributed by atoms with E-state index in [9.17, 15) is 14.9 Å². The molecule has 0 fully saturated rings. The molecule has 2 aromatic carbocycles. The van der Waals surface area contributed by atoms with E-state index in [2.05, 4.69) is 26.3 Å². The summed E-state index contributed by atoms with van der Waals surface area (Å²) < 4.78 is 0. The molecule has 0 aliphatic rings. The molecule has 0 spiro atoms. The van der Waals surface area contributed by atoms with Crippen molar-refractivity contribution >= 4 is 28.7 Å². The average Bonchev–Trinajstić information content (AvgIpc) is 3.26. The van der Waals surface area contributed by atoms with Crippen molar-refractivity contribution < 1.29 is 9.59 Å². The van der Waals surface area contributed by atoms with E-state index in [-0.39, 0.29) is 12.5 Å². The number of nitrogens with zero attached hydrogens (tertiary/aromatic N) is 4. The van der Waals surface area contributed by atoms with Gasteiger partial charge in [0, 0.05) is 48.0 Å². The minimum absolute atomic E-state index is 0.0150. The van der Waals surface area contributed by atoms with Gasteiger partial charge in [0.25, 0.3) is 5.91 Å². The van der Waals surface area contributed by atoms with E-state index in [1.807, 2.05) is 30.3 Å². The molecular formula is C25H23N7O2. The molecule has 4 rings (SSSR count). The number of aromatic nitrogens is 3. The first kappa shape index (κ1) is 22.5. The Morgan fingerprint density at radius 2 is 1.97 bits per heavy atom. The molecule has 4 aromatic rings. The second-order valence-corrected chi connectivity index (χ2v) is 7.84. The van der Waals surface area contributed by atoms with Crippen molar-refractivity contribution in [3.63, 3.8) is 0 Å². The molecule has 170 valence electrons. The largest absolute Gasteiger partial charge is 0.368 e. The third-order valence-electron chi connectivity index (χ3n) is 5.39. The second kappa shape index (κ2) is 9.83. The summed E-state index contributed by atoms with van der Waals surface area (Å²) in [6.07, 6.45) is 3.96. The standard InChI is InChI=1S/C25H23N7O2/c1-32(15-23(27)33)25-29-11-9-21(31-25)17-3-5-18(6-4-17)24(34)28-10-8-16-2-7-22-20(12-16)19(13-26)14-30-22/h2-7,9,11-12,14,30H,8,10,15H2,1H3,(H2,27,33)(H,28,34). The molecule has 0 aliphatic heterocycles. The molecule has 0 unspecified atom stereocenters. The first-order valence-electron chi connectivity index (χ1n) is 10.7. The summed E-state index contributed by atoms with van der Waals surface area (Å²) in [5.41, 5.74) is 9.83. The van der Waals surface area contributed by atoms with Crippen molar-refractivity contribution in [3.8, 4) is 17.3 Å². The van der Waals surface area contributed by atoms with Crippen molar-refractivity contribution in [1.29, 1.82) is 5.26 Å². The van der Waals surface area contributed by atoms with Crippen molar-refractivity contribution in [3.05, 3.63) is 77.6 Å². The molecule has 0 aliphatic carbocycles. The average molecular weight is 454 g/mol. The highest BCUT2D eigenvalue weighted by atomic mass is 16.2. The van der Waals surface area contributed by atoms with E-state index in [1.54, 1.807) is 42.5 Å². The number of carbonyl (C=O) groups is 2. The van der Waals surface area contributed by atoms with Crippen LogP contribution in [0.2, 0.25) is 0 Å². The van der Waals surface area contributed by atoms with Crippen LogP contribution in [0.4, 0.5) is 5.95 Å². The fourth-order valence-corrected chi connectivity index (χ4v) is 3.63. The summed E-state index contributed by atoms with van der Waals surface area (Å²) in [6, 6.07) is 17.0. The Hall–Kier alpha value is -4.71. The number of aromatic amines is 1. The summed E-state index contributed by atoms with van der Waals surface area (Å²) in [5, 5.41) is 13.0. The van der Waals surface area contributed by atoms with E-state index >= 15 is 0 Å². The van der Waals surface area contributed by atoms with Gasteiger partial charge in [0.1, 0.15) is 6.07 Å². The van der Waals surface area contributed by atoms with Crippen LogP contribution in [0, 0.1) is 11.3 Å². The Kier molecular flexibility index (Phi) is 6.50. The van der Waals surface area contributed by atoms with Crippen molar-refractivity contribution in [2.24, 2.45) is 5.73 Å². The number of fused-ring (bicyclic) bond motifs is 1. The molecular weight excluding hydrogens is 430 g/mol. The number of carbonyl (C=O) groups excluding carboxylic acids is 2. The van der Waals surface area contributed by atoms with Crippen LogP contribution in [0.25, 0.3) is 22.2 Å². The van der Waals surface area contributed by atoms with Crippen LogP contribution in [-0.2, 0) is 11.2 Å². The molecule has 2 heterocycles. The summed E-state index contributed by atoms with van der Waals surface area (Å²) in [6.45, 7) is 0.487. The summed E-state index contributed by atoms with van der Waals surface area (Å²) >= 11 is 0. The highest BCUT2D eigenvalue weighted by molar-refractivity contribution is 5.94. The molecule has 2 aromatic heterocycles. The molecule has 9 nitrogen and oxygen atoms in total. The van der Waals surface area contributed by atoms with Gasteiger partial charge < -0.3 is 20.9 Å². The van der Waals surface area contributed by atoms with Crippen LogP contribution in [0.3, 0.4) is 0 Å². The van der Waals surface area contributed by atoms with Crippen LogP contribution < -0.4 is 16.0 Å². The Bertz CT molecular complexity index is 1390. The lowest BCUT2D eigenvalue weighted by molar-refractivity contribution is -0.116. The highest BCUT2D eigenvalue weighted by Gasteiger charge is 2.11. The van der Waals surface area contributed by atoms with E-state index in [0.717, 1.165) is 22.0 Å². The quantitative estimate of drug-likeness (QED) is 0.374. The van der Waals surface area contributed by atoms with Crippen LogP contribution in [0.1, 0.15) is 21.5 Å². The van der Waals surface area contributed by atoms with Gasteiger partial charge in [0.2, 0.25) is 11.9 Å². The minimum atomic E-state index is -0.469. The number of hydrogen-bond donors (Lipinski definition) is 3. The molecule has 9 heteroatoms. The van der Waals surface area contributed by atoms with E-state index in [1.165, 1.54) is 0 Å². The van der Waals surface area contributed by atoms with Crippen LogP contribution >= 0.6 is 0 Å². The summed E-state index contributed by atoms with van der Waals surface area (Å²) in [7, 11) is 1.69. The molecule has 4 N–H and O–H groups in total. The number of amides is 2. The fourth-order valence-electron chi connectivity index (χ4n) is 3.63. The summed E-state index contributed by atoms with van der Waals surface area (Å²) in [5.74, 6) is -0.252. The van der Waals surface area contributed by atoms with Gasteiger partial charge in [-0.05, 0) is 42.3 Å². The first-order chi connectivity index (χ1) is 16.4.